The van der Waals surface area contributed by atoms with Gasteiger partial charge in [-0.3, -0.25) is 9.90 Å². The third kappa shape index (κ3) is 2.95. The van der Waals surface area contributed by atoms with Crippen LogP contribution in [-0.4, -0.2) is 6.04 Å². The van der Waals surface area contributed by atoms with Gasteiger partial charge in [0.25, 0.3) is 0 Å². The first-order valence-corrected chi connectivity index (χ1v) is 10.0. The Morgan fingerprint density at radius 2 is 1.75 bits per heavy atom. The van der Waals surface area contributed by atoms with Gasteiger partial charge in [0, 0.05) is 5.92 Å². The lowest BCUT2D eigenvalue weighted by atomic mass is 9.60. The topological polar surface area (TPSA) is 60.1 Å². The highest BCUT2D eigenvalue weighted by atomic mass is 16.7. The summed E-state index contributed by atoms with van der Waals surface area (Å²) in [5, 5.41) is 21.9. The summed E-state index contributed by atoms with van der Waals surface area (Å²) in [4.78, 5) is 6.51. The quantitative estimate of drug-likeness (QED) is 0.732. The molecule has 4 heteroatoms. The number of hydrogen-bond donors (Lipinski definition) is 0. The summed E-state index contributed by atoms with van der Waals surface area (Å²) in [6.45, 7) is 4.15. The van der Waals surface area contributed by atoms with Crippen molar-refractivity contribution >= 4 is 5.69 Å². The minimum atomic E-state index is -0.936. The molecule has 142 valence electrons. The molecule has 2 fully saturated rings. The van der Waals surface area contributed by atoms with Crippen molar-refractivity contribution in [1.82, 2.24) is 0 Å². The van der Waals surface area contributed by atoms with Crippen LogP contribution in [0.2, 0.25) is 0 Å². The fourth-order valence-electron chi connectivity index (χ4n) is 4.90. The van der Waals surface area contributed by atoms with E-state index >= 15 is 0 Å². The molecule has 1 saturated heterocycles. The summed E-state index contributed by atoms with van der Waals surface area (Å²) >= 11 is 0. The van der Waals surface area contributed by atoms with E-state index in [2.05, 4.69) is 62.4 Å². The summed E-state index contributed by atoms with van der Waals surface area (Å²) in [5.74, 6) is 0.153. The molecule has 0 amide bonds. The summed E-state index contributed by atoms with van der Waals surface area (Å²) < 4.78 is 0. The molecule has 2 aromatic carbocycles. The van der Waals surface area contributed by atoms with Gasteiger partial charge in [-0.2, -0.15) is 10.5 Å². The Morgan fingerprint density at radius 1 is 1.07 bits per heavy atom. The van der Waals surface area contributed by atoms with Crippen LogP contribution < -0.4 is 5.06 Å². The number of nitriles is 2. The normalized spacial score (nSPS) is 28.2. The van der Waals surface area contributed by atoms with Crippen LogP contribution in [0.5, 0.6) is 0 Å². The highest BCUT2D eigenvalue weighted by molar-refractivity contribution is 5.47. The molecule has 1 saturated carbocycles. The van der Waals surface area contributed by atoms with Gasteiger partial charge in [-0.15, -0.1) is 0 Å². The van der Waals surface area contributed by atoms with Crippen molar-refractivity contribution in [2.75, 3.05) is 5.06 Å². The van der Waals surface area contributed by atoms with Crippen LogP contribution in [0.4, 0.5) is 5.69 Å². The van der Waals surface area contributed by atoms with Gasteiger partial charge in [0.15, 0.2) is 0 Å². The van der Waals surface area contributed by atoms with Gasteiger partial charge in [-0.25, -0.2) is 0 Å². The maximum atomic E-state index is 9.91. The molecule has 0 N–H and O–H groups in total. The van der Waals surface area contributed by atoms with Crippen molar-refractivity contribution in [3.8, 4) is 12.1 Å². The van der Waals surface area contributed by atoms with E-state index in [1.807, 2.05) is 23.3 Å². The first-order chi connectivity index (χ1) is 13.6. The van der Waals surface area contributed by atoms with Crippen molar-refractivity contribution < 1.29 is 4.84 Å². The summed E-state index contributed by atoms with van der Waals surface area (Å²) in [5.41, 5.74) is 2.41. The zero-order chi connectivity index (χ0) is 19.7. The van der Waals surface area contributed by atoms with E-state index in [0.717, 1.165) is 24.1 Å². The van der Waals surface area contributed by atoms with E-state index < -0.39 is 5.41 Å². The Labute approximate surface area is 166 Å². The van der Waals surface area contributed by atoms with Gasteiger partial charge in [-0.05, 0) is 43.4 Å². The zero-order valence-electron chi connectivity index (χ0n) is 16.4. The maximum absolute atomic E-state index is 9.91. The van der Waals surface area contributed by atoms with Crippen LogP contribution in [0.25, 0.3) is 0 Å². The molecule has 4 atom stereocenters. The first kappa shape index (κ1) is 18.5. The highest BCUT2D eigenvalue weighted by Gasteiger charge is 2.56. The Hall–Kier alpha value is -2.82. The average Bonchev–Trinajstić information content (AvgIpc) is 3.11. The molecular formula is C24H25N3O. The minimum absolute atomic E-state index is 0.0512. The molecule has 4 rings (SSSR count). The van der Waals surface area contributed by atoms with E-state index in [0.29, 0.717) is 6.42 Å². The summed E-state index contributed by atoms with van der Waals surface area (Å²) in [6.07, 6.45) is 2.01. The number of hydrogen-bond acceptors (Lipinski definition) is 4. The lowest BCUT2D eigenvalue weighted by Gasteiger charge is -2.41. The molecule has 1 heterocycles. The molecule has 0 radical (unpaired) electrons. The van der Waals surface area contributed by atoms with E-state index in [4.69, 9.17) is 4.84 Å². The molecule has 0 aromatic heterocycles. The molecular weight excluding hydrogens is 346 g/mol. The molecule has 0 unspecified atom stereocenters. The van der Waals surface area contributed by atoms with Gasteiger partial charge in [0.05, 0.1) is 23.9 Å². The smallest absolute Gasteiger partial charge is 0.147 e. The fourth-order valence-corrected chi connectivity index (χ4v) is 4.90. The predicted octanol–water partition coefficient (Wildman–Crippen LogP) is 5.33. The average molecular weight is 371 g/mol. The molecule has 1 aliphatic carbocycles. The molecule has 28 heavy (non-hydrogen) atoms. The van der Waals surface area contributed by atoms with Crippen LogP contribution in [0.15, 0.2) is 54.6 Å². The third-order valence-corrected chi connectivity index (χ3v) is 6.50. The number of hydroxylamine groups is 1. The number of fused-ring (bicyclic) bond motifs is 1. The van der Waals surface area contributed by atoms with Crippen molar-refractivity contribution in [3.63, 3.8) is 0 Å². The van der Waals surface area contributed by atoms with Crippen molar-refractivity contribution in [1.29, 1.82) is 10.5 Å². The Kier molecular flexibility index (Phi) is 4.84. The zero-order valence-corrected chi connectivity index (χ0v) is 16.4. The third-order valence-electron chi connectivity index (χ3n) is 6.50. The molecule has 1 aliphatic heterocycles. The van der Waals surface area contributed by atoms with Gasteiger partial charge in [0.2, 0.25) is 0 Å². The van der Waals surface area contributed by atoms with E-state index in [1.165, 1.54) is 5.56 Å². The van der Waals surface area contributed by atoms with E-state index in [-0.39, 0.29) is 24.0 Å². The number of rotatable bonds is 3. The second-order valence-electron chi connectivity index (χ2n) is 8.07. The maximum Gasteiger partial charge on any atom is 0.147 e. The van der Waals surface area contributed by atoms with Crippen molar-refractivity contribution in [2.24, 2.45) is 17.3 Å². The van der Waals surface area contributed by atoms with Crippen molar-refractivity contribution in [2.45, 2.75) is 45.3 Å². The number of anilines is 1. The fraction of sp³-hybridized carbons (Fsp3) is 0.417. The van der Waals surface area contributed by atoms with Gasteiger partial charge < -0.3 is 0 Å². The first-order valence-electron chi connectivity index (χ1n) is 10.0. The Bertz CT molecular complexity index is 896. The molecule has 2 aliphatic rings. The molecule has 0 spiro atoms. The lowest BCUT2D eigenvalue weighted by molar-refractivity contribution is 0.0618. The van der Waals surface area contributed by atoms with Crippen LogP contribution in [0, 0.1) is 46.8 Å². The Morgan fingerprint density at radius 3 is 2.36 bits per heavy atom. The van der Waals surface area contributed by atoms with Crippen LogP contribution in [-0.2, 0) is 4.84 Å². The molecule has 0 bridgehead atoms. The largest absolute Gasteiger partial charge is 0.265 e. The number of para-hydroxylation sites is 1. The van der Waals surface area contributed by atoms with E-state index in [1.54, 1.807) is 0 Å². The molecule has 2 aromatic rings. The molecule has 4 nitrogen and oxygen atoms in total. The van der Waals surface area contributed by atoms with E-state index in [9.17, 15) is 10.5 Å². The SMILES string of the molecule is CC[C@@H]1C[C@@H]2[C@H](CC1(C#N)C#N)[C@@H](c1ccc(C)cc1)ON2c1ccccc1. The number of aryl methyl sites for hydroxylation is 1. The predicted molar refractivity (Wildman–Crippen MR) is 108 cm³/mol. The standard InChI is InChI=1S/C24H25N3O/c1-3-19-13-22-21(14-24(19,15-25)16-26)23(18-11-9-17(2)10-12-18)28-27(22)20-7-5-4-6-8-20/h4-12,19,21-23H,3,13-14H2,1-2H3/t19-,21+,22-,23-/m1/s1. The monoisotopic (exact) mass is 371 g/mol. The summed E-state index contributed by atoms with van der Waals surface area (Å²) in [6, 6.07) is 23.5. The highest BCUT2D eigenvalue weighted by Crippen LogP contribution is 2.55. The number of benzene rings is 2. The van der Waals surface area contributed by atoms with Gasteiger partial charge in [-0.1, -0.05) is 61.4 Å². The lowest BCUT2D eigenvalue weighted by Crippen LogP contribution is -2.45. The van der Waals surface area contributed by atoms with Crippen LogP contribution >= 0.6 is 0 Å². The number of nitrogens with zero attached hydrogens (tertiary/aromatic N) is 3. The second kappa shape index (κ2) is 7.30. The van der Waals surface area contributed by atoms with Gasteiger partial charge in [0.1, 0.15) is 11.5 Å². The second-order valence-corrected chi connectivity index (χ2v) is 8.07. The van der Waals surface area contributed by atoms with Crippen molar-refractivity contribution in [3.05, 3.63) is 65.7 Å². The minimum Gasteiger partial charge on any atom is -0.265 e. The van der Waals surface area contributed by atoms with Crippen LogP contribution in [0.1, 0.15) is 43.4 Å². The Balaban J connectivity index is 1.76. The van der Waals surface area contributed by atoms with Crippen LogP contribution in [0.3, 0.4) is 0 Å². The summed E-state index contributed by atoms with van der Waals surface area (Å²) in [7, 11) is 0. The van der Waals surface area contributed by atoms with Gasteiger partial charge >= 0.3 is 0 Å².